The van der Waals surface area contributed by atoms with Crippen LogP contribution in [-0.4, -0.2) is 68.8 Å². The summed E-state index contributed by atoms with van der Waals surface area (Å²) in [6.45, 7) is 10.1. The number of pyridine rings is 2. The molecule has 0 radical (unpaired) electrons. The van der Waals surface area contributed by atoms with Crippen molar-refractivity contribution >= 4 is 17.8 Å². The van der Waals surface area contributed by atoms with Crippen molar-refractivity contribution in [1.29, 1.82) is 0 Å². The first-order valence-corrected chi connectivity index (χ1v) is 17.4. The number of hydrogen-bond donors (Lipinski definition) is 2. The molecular formula is C37H52N6O5. The van der Waals surface area contributed by atoms with Gasteiger partial charge in [0.1, 0.15) is 17.7 Å². The van der Waals surface area contributed by atoms with Crippen LogP contribution in [0.5, 0.6) is 5.75 Å². The second-order valence-electron chi connectivity index (χ2n) is 14.4. The largest absolute Gasteiger partial charge is 0.495 e. The second-order valence-corrected chi connectivity index (χ2v) is 14.4. The number of hydrogen-bond acceptors (Lipinski definition) is 8. The van der Waals surface area contributed by atoms with Crippen molar-refractivity contribution in [3.63, 3.8) is 0 Å². The lowest BCUT2D eigenvalue weighted by molar-refractivity contribution is -0.124. The number of aliphatic hydroxyl groups is 1. The highest BCUT2D eigenvalue weighted by Gasteiger charge is 2.34. The van der Waals surface area contributed by atoms with Gasteiger partial charge in [0.2, 0.25) is 5.91 Å². The minimum atomic E-state index is -1.02. The number of aromatic nitrogens is 4. The lowest BCUT2D eigenvalue weighted by Gasteiger charge is -2.35. The van der Waals surface area contributed by atoms with E-state index in [0.717, 1.165) is 53.9 Å². The van der Waals surface area contributed by atoms with E-state index >= 15 is 0 Å². The summed E-state index contributed by atoms with van der Waals surface area (Å²) in [4.78, 5) is 38.1. The fourth-order valence-electron chi connectivity index (χ4n) is 6.85. The maximum absolute atomic E-state index is 14.3. The van der Waals surface area contributed by atoms with Crippen molar-refractivity contribution in [2.75, 3.05) is 25.1 Å². The van der Waals surface area contributed by atoms with E-state index < -0.39 is 11.7 Å². The van der Waals surface area contributed by atoms with Gasteiger partial charge in [-0.05, 0) is 122 Å². The predicted molar refractivity (Wildman–Crippen MR) is 185 cm³/mol. The number of methoxy groups -OCH3 is 1. The summed E-state index contributed by atoms with van der Waals surface area (Å²) in [5.41, 5.74) is 2.97. The Morgan fingerprint density at radius 1 is 1.06 bits per heavy atom. The normalized spacial score (nSPS) is 21.5. The highest BCUT2D eigenvalue weighted by atomic mass is 16.6. The highest BCUT2D eigenvalue weighted by Crippen LogP contribution is 2.38. The number of rotatable bonds is 11. The first-order valence-electron chi connectivity index (χ1n) is 17.4. The molecular weight excluding hydrogens is 608 g/mol. The van der Waals surface area contributed by atoms with Gasteiger partial charge in [0.25, 0.3) is 0 Å². The number of ether oxygens (including phenoxy) is 2. The smallest absolute Gasteiger partial charge is 0.407 e. The van der Waals surface area contributed by atoms with E-state index in [9.17, 15) is 14.7 Å². The third kappa shape index (κ3) is 9.12. The molecule has 2 fully saturated rings. The maximum Gasteiger partial charge on any atom is 0.407 e. The average Bonchev–Trinajstić information content (AvgIpc) is 3.58. The molecule has 0 aromatic carbocycles. The van der Waals surface area contributed by atoms with E-state index in [1.165, 1.54) is 0 Å². The van der Waals surface area contributed by atoms with Gasteiger partial charge in [-0.1, -0.05) is 0 Å². The summed E-state index contributed by atoms with van der Waals surface area (Å²) in [6, 6.07) is 8.32. The molecule has 0 bridgehead atoms. The number of aryl methyl sites for hydroxylation is 1. The van der Waals surface area contributed by atoms with Gasteiger partial charge in [0.05, 0.1) is 24.6 Å². The Kier molecular flexibility index (Phi) is 11.4. The number of nitrogens with one attached hydrogen (secondary N) is 1. The van der Waals surface area contributed by atoms with Crippen LogP contribution in [0.25, 0.3) is 11.1 Å². The Morgan fingerprint density at radius 2 is 1.79 bits per heavy atom. The SMILES string of the molecule is COc1ccc(C2CCC(CN(C(=O)C3CCC(OC(=O)NCC(C)(C)O)CC3)c3cc(-c4cnn(C(C)C)c4)ccn3)CC2)nc1C. The number of anilines is 1. The van der Waals surface area contributed by atoms with Crippen molar-refractivity contribution < 1.29 is 24.2 Å². The fraction of sp³-hybridized carbons (Fsp3) is 0.595. The Morgan fingerprint density at radius 3 is 2.42 bits per heavy atom. The van der Waals surface area contributed by atoms with Gasteiger partial charge >= 0.3 is 6.09 Å². The standard InChI is InChI=1S/C37H52N6O5/c1-24(2)43-22-30(20-40-43)29-17-18-38-34(19-29)42(21-26-7-9-27(10-8-26)32-15-16-33(47-6)25(3)41-32)35(44)28-11-13-31(14-12-28)48-36(45)39-23-37(4,5)46/h15-20,22,24,26-28,31,46H,7-14,21,23H2,1-6H3,(H,39,45). The van der Waals surface area contributed by atoms with Gasteiger partial charge in [0.15, 0.2) is 0 Å². The molecule has 3 aromatic heterocycles. The molecule has 3 aromatic rings. The van der Waals surface area contributed by atoms with E-state index in [2.05, 4.69) is 30.3 Å². The molecule has 11 nitrogen and oxygen atoms in total. The molecule has 2 saturated carbocycles. The van der Waals surface area contributed by atoms with Crippen molar-refractivity contribution in [1.82, 2.24) is 25.1 Å². The molecule has 48 heavy (non-hydrogen) atoms. The van der Waals surface area contributed by atoms with Crippen molar-refractivity contribution in [2.45, 2.75) is 110 Å². The molecule has 3 heterocycles. The number of carbonyl (C=O) groups is 2. The molecule has 0 saturated heterocycles. The van der Waals surface area contributed by atoms with E-state index in [1.54, 1.807) is 27.2 Å². The van der Waals surface area contributed by atoms with E-state index in [4.69, 9.17) is 19.4 Å². The molecule has 5 rings (SSSR count). The van der Waals surface area contributed by atoms with Crippen LogP contribution in [0.3, 0.4) is 0 Å². The molecule has 2 aliphatic carbocycles. The van der Waals surface area contributed by atoms with E-state index in [0.29, 0.717) is 49.9 Å². The number of amides is 2. The monoisotopic (exact) mass is 660 g/mol. The summed E-state index contributed by atoms with van der Waals surface area (Å²) < 4.78 is 13.0. The van der Waals surface area contributed by atoms with Gasteiger partial charge in [-0.2, -0.15) is 5.10 Å². The molecule has 11 heteroatoms. The molecule has 0 atom stereocenters. The van der Waals surface area contributed by atoms with Crippen LogP contribution in [0, 0.1) is 18.8 Å². The Hall–Kier alpha value is -3.99. The topological polar surface area (TPSA) is 132 Å². The Labute approximate surface area is 284 Å². The van der Waals surface area contributed by atoms with Crippen LogP contribution in [0.1, 0.15) is 102 Å². The minimum Gasteiger partial charge on any atom is -0.495 e. The molecule has 0 unspecified atom stereocenters. The second kappa shape index (κ2) is 15.5. The summed E-state index contributed by atoms with van der Waals surface area (Å²) in [5, 5.41) is 17.0. The summed E-state index contributed by atoms with van der Waals surface area (Å²) in [5.74, 6) is 2.11. The highest BCUT2D eigenvalue weighted by molar-refractivity contribution is 5.94. The number of carbonyl (C=O) groups excluding carboxylic acids is 2. The quantitative estimate of drug-likeness (QED) is 0.235. The van der Waals surface area contributed by atoms with Gasteiger partial charge in [-0.15, -0.1) is 0 Å². The van der Waals surface area contributed by atoms with Crippen LogP contribution in [0.2, 0.25) is 0 Å². The number of nitrogens with zero attached hydrogens (tertiary/aromatic N) is 5. The lowest BCUT2D eigenvalue weighted by Crippen LogP contribution is -2.43. The van der Waals surface area contributed by atoms with Gasteiger partial charge in [-0.25, -0.2) is 9.78 Å². The van der Waals surface area contributed by atoms with Crippen LogP contribution in [-0.2, 0) is 9.53 Å². The van der Waals surface area contributed by atoms with Crippen LogP contribution in [0.15, 0.2) is 42.9 Å². The molecule has 0 spiro atoms. The number of alkyl carbamates (subject to hydrolysis) is 1. The Balaban J connectivity index is 1.28. The first-order chi connectivity index (χ1) is 22.9. The fourth-order valence-corrected chi connectivity index (χ4v) is 6.85. The third-order valence-electron chi connectivity index (χ3n) is 9.70. The van der Waals surface area contributed by atoms with Crippen molar-refractivity contribution in [3.8, 4) is 16.9 Å². The summed E-state index contributed by atoms with van der Waals surface area (Å²) in [7, 11) is 1.67. The zero-order valence-electron chi connectivity index (χ0n) is 29.3. The molecule has 260 valence electrons. The first kappa shape index (κ1) is 35.3. The average molecular weight is 661 g/mol. The zero-order chi connectivity index (χ0) is 34.4. The van der Waals surface area contributed by atoms with Crippen molar-refractivity contribution in [2.24, 2.45) is 11.8 Å². The van der Waals surface area contributed by atoms with Crippen LogP contribution in [0.4, 0.5) is 10.6 Å². The molecule has 2 amide bonds. The van der Waals surface area contributed by atoms with E-state index in [-0.39, 0.29) is 30.5 Å². The van der Waals surface area contributed by atoms with E-state index in [1.807, 2.05) is 47.1 Å². The maximum atomic E-state index is 14.3. The lowest BCUT2D eigenvalue weighted by atomic mass is 9.79. The zero-order valence-corrected chi connectivity index (χ0v) is 29.3. The third-order valence-corrected chi connectivity index (χ3v) is 9.70. The van der Waals surface area contributed by atoms with Crippen LogP contribution < -0.4 is 15.0 Å². The van der Waals surface area contributed by atoms with Crippen molar-refractivity contribution in [3.05, 3.63) is 54.2 Å². The molecule has 2 N–H and O–H groups in total. The molecule has 2 aliphatic rings. The van der Waals surface area contributed by atoms with Gasteiger partial charge < -0.3 is 19.9 Å². The minimum absolute atomic E-state index is 0.0806. The predicted octanol–water partition coefficient (Wildman–Crippen LogP) is 6.60. The van der Waals surface area contributed by atoms with Gasteiger partial charge in [-0.3, -0.25) is 19.4 Å². The molecule has 0 aliphatic heterocycles. The summed E-state index contributed by atoms with van der Waals surface area (Å²) in [6.07, 6.45) is 11.4. The van der Waals surface area contributed by atoms with Gasteiger partial charge in [0, 0.05) is 54.6 Å². The summed E-state index contributed by atoms with van der Waals surface area (Å²) >= 11 is 0. The Bertz CT molecular complexity index is 1530. The van der Waals surface area contributed by atoms with Crippen LogP contribution >= 0.6 is 0 Å².